The fraction of sp³-hybridized carbons (Fsp3) is 0.684. The van der Waals surface area contributed by atoms with Crippen molar-refractivity contribution >= 4 is 5.96 Å². The summed E-state index contributed by atoms with van der Waals surface area (Å²) in [5, 5.41) is 6.42. The summed E-state index contributed by atoms with van der Waals surface area (Å²) in [6.07, 6.45) is 3.04. The van der Waals surface area contributed by atoms with Gasteiger partial charge in [-0.05, 0) is 43.7 Å². The van der Waals surface area contributed by atoms with Gasteiger partial charge in [-0.3, -0.25) is 9.89 Å². The highest BCUT2D eigenvalue weighted by Crippen LogP contribution is 2.23. The summed E-state index contributed by atoms with van der Waals surface area (Å²) in [4.78, 5) is 9.87. The molecular formula is C19H28F3N5O. The number of rotatable bonds is 6. The maximum atomic E-state index is 12.5. The molecule has 1 aliphatic carbocycles. The van der Waals surface area contributed by atoms with Crippen LogP contribution in [0.1, 0.15) is 37.7 Å². The molecular weight excluding hydrogens is 371 g/mol. The SMILES string of the molecule is CN=C(NCc1ccnc(OC2CCCC2)c1)NC1CCN(CC(F)(F)F)C1. The van der Waals surface area contributed by atoms with Gasteiger partial charge in [0.15, 0.2) is 5.96 Å². The number of aromatic nitrogens is 1. The maximum absolute atomic E-state index is 12.5. The molecule has 9 heteroatoms. The Bertz CT molecular complexity index is 661. The Hall–Kier alpha value is -2.03. The van der Waals surface area contributed by atoms with Crippen molar-refractivity contribution in [3.05, 3.63) is 23.9 Å². The number of alkyl halides is 3. The van der Waals surface area contributed by atoms with Crippen molar-refractivity contribution < 1.29 is 17.9 Å². The zero-order chi connectivity index (χ0) is 20.0. The van der Waals surface area contributed by atoms with Crippen LogP contribution in [0.3, 0.4) is 0 Å². The van der Waals surface area contributed by atoms with Gasteiger partial charge in [0.1, 0.15) is 6.10 Å². The predicted molar refractivity (Wildman–Crippen MR) is 101 cm³/mol. The van der Waals surface area contributed by atoms with Gasteiger partial charge < -0.3 is 15.4 Å². The normalized spacial score (nSPS) is 21.9. The first-order chi connectivity index (χ1) is 13.4. The van der Waals surface area contributed by atoms with Crippen molar-refractivity contribution in [2.75, 3.05) is 26.7 Å². The molecule has 0 spiro atoms. The number of hydrogen-bond acceptors (Lipinski definition) is 4. The van der Waals surface area contributed by atoms with Crippen LogP contribution in [-0.4, -0.2) is 60.8 Å². The third-order valence-electron chi connectivity index (χ3n) is 5.09. The van der Waals surface area contributed by atoms with Crippen molar-refractivity contribution in [2.24, 2.45) is 4.99 Å². The van der Waals surface area contributed by atoms with E-state index in [4.69, 9.17) is 4.74 Å². The summed E-state index contributed by atoms with van der Waals surface area (Å²) in [7, 11) is 1.65. The van der Waals surface area contributed by atoms with E-state index in [0.29, 0.717) is 37.9 Å². The molecule has 1 aromatic rings. The monoisotopic (exact) mass is 399 g/mol. The number of guanidine groups is 1. The molecule has 1 atom stereocenters. The Labute approximate surface area is 163 Å². The number of pyridine rings is 1. The first-order valence-electron chi connectivity index (χ1n) is 9.79. The Kier molecular flexibility index (Phi) is 6.98. The minimum Gasteiger partial charge on any atom is -0.474 e. The van der Waals surface area contributed by atoms with Crippen LogP contribution in [0, 0.1) is 0 Å². The molecule has 6 nitrogen and oxygen atoms in total. The van der Waals surface area contributed by atoms with Gasteiger partial charge in [-0.2, -0.15) is 13.2 Å². The molecule has 156 valence electrons. The van der Waals surface area contributed by atoms with Crippen LogP contribution in [0.25, 0.3) is 0 Å². The van der Waals surface area contributed by atoms with Crippen molar-refractivity contribution in [1.82, 2.24) is 20.5 Å². The van der Waals surface area contributed by atoms with Crippen molar-refractivity contribution in [3.8, 4) is 5.88 Å². The molecule has 2 aliphatic rings. The van der Waals surface area contributed by atoms with E-state index < -0.39 is 12.7 Å². The average Bonchev–Trinajstić information content (AvgIpc) is 3.29. The summed E-state index contributed by atoms with van der Waals surface area (Å²) in [5.41, 5.74) is 1.01. The maximum Gasteiger partial charge on any atom is 0.401 e. The van der Waals surface area contributed by atoms with Crippen LogP contribution in [0.15, 0.2) is 23.3 Å². The minimum atomic E-state index is -4.16. The second kappa shape index (κ2) is 9.45. The fourth-order valence-corrected chi connectivity index (χ4v) is 3.72. The zero-order valence-electron chi connectivity index (χ0n) is 16.1. The highest BCUT2D eigenvalue weighted by molar-refractivity contribution is 5.80. The van der Waals surface area contributed by atoms with Gasteiger partial charge in [0.2, 0.25) is 5.88 Å². The molecule has 1 unspecified atom stereocenters. The van der Waals surface area contributed by atoms with E-state index in [1.807, 2.05) is 12.1 Å². The summed E-state index contributed by atoms with van der Waals surface area (Å²) in [5.74, 6) is 1.21. The Morgan fingerprint density at radius 3 is 2.82 bits per heavy atom. The average molecular weight is 399 g/mol. The van der Waals surface area contributed by atoms with Gasteiger partial charge in [0.05, 0.1) is 6.54 Å². The molecule has 28 heavy (non-hydrogen) atoms. The molecule has 3 rings (SSSR count). The second-order valence-electron chi connectivity index (χ2n) is 7.43. The number of nitrogens with zero attached hydrogens (tertiary/aromatic N) is 3. The van der Waals surface area contributed by atoms with Gasteiger partial charge in [0.25, 0.3) is 0 Å². The zero-order valence-corrected chi connectivity index (χ0v) is 16.1. The highest BCUT2D eigenvalue weighted by Gasteiger charge is 2.34. The second-order valence-corrected chi connectivity index (χ2v) is 7.43. The molecule has 2 fully saturated rings. The largest absolute Gasteiger partial charge is 0.474 e. The minimum absolute atomic E-state index is 0.0488. The van der Waals surface area contributed by atoms with Crippen LogP contribution in [0.4, 0.5) is 13.2 Å². The van der Waals surface area contributed by atoms with Crippen molar-refractivity contribution in [3.63, 3.8) is 0 Å². The number of halogens is 3. The van der Waals surface area contributed by atoms with Gasteiger partial charge in [-0.25, -0.2) is 4.98 Å². The molecule has 1 aliphatic heterocycles. The van der Waals surface area contributed by atoms with E-state index in [2.05, 4.69) is 20.6 Å². The van der Waals surface area contributed by atoms with Crippen molar-refractivity contribution in [2.45, 2.75) is 57.0 Å². The topological polar surface area (TPSA) is 61.8 Å². The van der Waals surface area contributed by atoms with Crippen LogP contribution in [-0.2, 0) is 6.54 Å². The number of nitrogens with one attached hydrogen (secondary N) is 2. The highest BCUT2D eigenvalue weighted by atomic mass is 19.4. The summed E-state index contributed by atoms with van der Waals surface area (Å²) >= 11 is 0. The summed E-state index contributed by atoms with van der Waals surface area (Å²) in [6, 6.07) is 3.77. The lowest BCUT2D eigenvalue weighted by atomic mass is 10.2. The number of hydrogen-bond donors (Lipinski definition) is 2. The third-order valence-corrected chi connectivity index (χ3v) is 5.09. The van der Waals surface area contributed by atoms with Gasteiger partial charge in [0, 0.05) is 45.0 Å². The number of aliphatic imine (C=N–C) groups is 1. The van der Waals surface area contributed by atoms with E-state index in [1.165, 1.54) is 17.7 Å². The third kappa shape index (κ3) is 6.54. The Morgan fingerprint density at radius 2 is 2.11 bits per heavy atom. The van der Waals surface area contributed by atoms with Crippen LogP contribution in [0.5, 0.6) is 5.88 Å². The molecule has 0 aromatic carbocycles. The smallest absolute Gasteiger partial charge is 0.401 e. The predicted octanol–water partition coefficient (Wildman–Crippen LogP) is 2.70. The molecule has 0 amide bonds. The van der Waals surface area contributed by atoms with E-state index in [9.17, 15) is 13.2 Å². The van der Waals surface area contributed by atoms with E-state index in [1.54, 1.807) is 13.2 Å². The fourth-order valence-electron chi connectivity index (χ4n) is 3.72. The lowest BCUT2D eigenvalue weighted by molar-refractivity contribution is -0.143. The lowest BCUT2D eigenvalue weighted by Crippen LogP contribution is -2.44. The molecule has 2 N–H and O–H groups in total. The molecule has 2 heterocycles. The first-order valence-corrected chi connectivity index (χ1v) is 9.79. The number of ether oxygens (including phenoxy) is 1. The standard InChI is InChI=1S/C19H28F3N5O/c1-23-18(26-15-7-9-27(12-15)13-19(20,21)22)25-11-14-6-8-24-17(10-14)28-16-4-2-3-5-16/h6,8,10,15-16H,2-5,7,9,11-13H2,1H3,(H2,23,25,26). The van der Waals surface area contributed by atoms with E-state index in [-0.39, 0.29) is 12.1 Å². The molecule has 1 saturated heterocycles. The molecule has 1 saturated carbocycles. The van der Waals surface area contributed by atoms with E-state index >= 15 is 0 Å². The van der Waals surface area contributed by atoms with Crippen molar-refractivity contribution in [1.29, 1.82) is 0 Å². The van der Waals surface area contributed by atoms with Crippen LogP contribution < -0.4 is 15.4 Å². The van der Waals surface area contributed by atoms with Crippen LogP contribution in [0.2, 0.25) is 0 Å². The quantitative estimate of drug-likeness (QED) is 0.569. The summed E-state index contributed by atoms with van der Waals surface area (Å²) < 4.78 is 43.5. The van der Waals surface area contributed by atoms with Crippen LogP contribution >= 0.6 is 0 Å². The molecule has 0 bridgehead atoms. The van der Waals surface area contributed by atoms with E-state index in [0.717, 1.165) is 18.4 Å². The number of likely N-dealkylation sites (tertiary alicyclic amines) is 1. The van der Waals surface area contributed by atoms with Gasteiger partial charge in [-0.15, -0.1) is 0 Å². The lowest BCUT2D eigenvalue weighted by Gasteiger charge is -2.20. The Morgan fingerprint density at radius 1 is 1.32 bits per heavy atom. The molecule has 1 aromatic heterocycles. The van der Waals surface area contributed by atoms with Gasteiger partial charge >= 0.3 is 6.18 Å². The molecule has 0 radical (unpaired) electrons. The first kappa shape index (κ1) is 20.7. The Balaban J connectivity index is 1.45. The van der Waals surface area contributed by atoms with Gasteiger partial charge in [-0.1, -0.05) is 0 Å². The summed E-state index contributed by atoms with van der Waals surface area (Å²) in [6.45, 7) is 0.454.